The van der Waals surface area contributed by atoms with Gasteiger partial charge < -0.3 is 19.7 Å². The van der Waals surface area contributed by atoms with E-state index in [1.165, 1.54) is 12.1 Å². The molecule has 0 aliphatic heterocycles. The van der Waals surface area contributed by atoms with Gasteiger partial charge in [-0.15, -0.1) is 0 Å². The standard InChI is InChI=1S/C16H18O8/c17-9-11-8-14(24-6-2-4-16(21)22)12(10-18)7-13(11)23-5-1-3-15(19)20/h7-10H,1-6H2,(H,19,20)(H,21,22). The number of hydrogen-bond acceptors (Lipinski definition) is 6. The Morgan fingerprint density at radius 1 is 0.833 bits per heavy atom. The number of carboxylic acid groups (broad SMARTS) is 2. The molecular formula is C16H18O8. The van der Waals surface area contributed by atoms with E-state index in [2.05, 4.69) is 0 Å². The van der Waals surface area contributed by atoms with Crippen molar-refractivity contribution >= 4 is 24.5 Å². The average Bonchev–Trinajstić information content (AvgIpc) is 2.55. The van der Waals surface area contributed by atoms with Gasteiger partial charge in [0, 0.05) is 12.8 Å². The monoisotopic (exact) mass is 338 g/mol. The predicted octanol–water partition coefficient (Wildman–Crippen LogP) is 1.80. The summed E-state index contributed by atoms with van der Waals surface area (Å²) in [5.74, 6) is -1.58. The number of benzene rings is 1. The second-order valence-electron chi connectivity index (χ2n) is 4.86. The number of aldehydes is 2. The van der Waals surface area contributed by atoms with E-state index < -0.39 is 11.9 Å². The molecule has 0 saturated heterocycles. The van der Waals surface area contributed by atoms with Gasteiger partial charge in [0.1, 0.15) is 11.5 Å². The van der Waals surface area contributed by atoms with E-state index in [9.17, 15) is 19.2 Å². The number of carbonyl (C=O) groups excluding carboxylic acids is 2. The van der Waals surface area contributed by atoms with Crippen LogP contribution in [0.25, 0.3) is 0 Å². The largest absolute Gasteiger partial charge is 0.493 e. The van der Waals surface area contributed by atoms with E-state index in [4.69, 9.17) is 19.7 Å². The van der Waals surface area contributed by atoms with Crippen molar-refractivity contribution in [2.24, 2.45) is 0 Å². The number of carboxylic acids is 2. The summed E-state index contributed by atoms with van der Waals surface area (Å²) in [6.45, 7) is 0.175. The van der Waals surface area contributed by atoms with Crippen LogP contribution >= 0.6 is 0 Å². The molecule has 0 bridgehead atoms. The third kappa shape index (κ3) is 6.47. The zero-order valence-electron chi connectivity index (χ0n) is 12.9. The van der Waals surface area contributed by atoms with Gasteiger partial charge in [-0.2, -0.15) is 0 Å². The van der Waals surface area contributed by atoms with Crippen LogP contribution in [0.1, 0.15) is 46.4 Å². The molecule has 1 aromatic carbocycles. The molecule has 0 heterocycles. The number of rotatable bonds is 12. The van der Waals surface area contributed by atoms with Crippen LogP contribution in [-0.2, 0) is 9.59 Å². The van der Waals surface area contributed by atoms with Crippen molar-refractivity contribution in [1.82, 2.24) is 0 Å². The molecule has 8 heteroatoms. The summed E-state index contributed by atoms with van der Waals surface area (Å²) in [7, 11) is 0. The number of ether oxygens (including phenoxy) is 2. The maximum absolute atomic E-state index is 11.1. The van der Waals surface area contributed by atoms with Gasteiger partial charge in [-0.05, 0) is 25.0 Å². The molecule has 24 heavy (non-hydrogen) atoms. The first-order valence-electron chi connectivity index (χ1n) is 7.25. The van der Waals surface area contributed by atoms with Crippen LogP contribution in [0.5, 0.6) is 11.5 Å². The minimum absolute atomic E-state index is 0.0677. The highest BCUT2D eigenvalue weighted by Crippen LogP contribution is 2.27. The van der Waals surface area contributed by atoms with Crippen LogP contribution in [-0.4, -0.2) is 47.9 Å². The van der Waals surface area contributed by atoms with E-state index in [0.717, 1.165) is 0 Å². The molecule has 1 rings (SSSR count). The smallest absolute Gasteiger partial charge is 0.303 e. The van der Waals surface area contributed by atoms with Crippen LogP contribution in [0.3, 0.4) is 0 Å². The highest BCUT2D eigenvalue weighted by atomic mass is 16.5. The summed E-state index contributed by atoms with van der Waals surface area (Å²) in [6.07, 6.45) is 1.45. The van der Waals surface area contributed by atoms with Gasteiger partial charge >= 0.3 is 11.9 Å². The maximum atomic E-state index is 11.1. The minimum Gasteiger partial charge on any atom is -0.493 e. The molecule has 2 N–H and O–H groups in total. The molecule has 1 aromatic rings. The van der Waals surface area contributed by atoms with Crippen molar-refractivity contribution in [3.05, 3.63) is 23.3 Å². The summed E-state index contributed by atoms with van der Waals surface area (Å²) in [5, 5.41) is 17.1. The van der Waals surface area contributed by atoms with Crippen molar-refractivity contribution in [3.63, 3.8) is 0 Å². The first kappa shape index (κ1) is 19.1. The Kier molecular flexibility index (Phi) is 7.97. The van der Waals surface area contributed by atoms with Gasteiger partial charge in [0.2, 0.25) is 0 Å². The lowest BCUT2D eigenvalue weighted by Crippen LogP contribution is -2.06. The molecule has 0 aliphatic carbocycles. The Balaban J connectivity index is 2.76. The van der Waals surface area contributed by atoms with Gasteiger partial charge in [0.15, 0.2) is 12.6 Å². The summed E-state index contributed by atoms with van der Waals surface area (Å²) >= 11 is 0. The number of hydrogen-bond donors (Lipinski definition) is 2. The van der Waals surface area contributed by atoms with Gasteiger partial charge in [0.05, 0.1) is 24.3 Å². The minimum atomic E-state index is -0.951. The molecule has 0 unspecified atom stereocenters. The second kappa shape index (κ2) is 9.98. The third-order valence-electron chi connectivity index (χ3n) is 2.98. The van der Waals surface area contributed by atoms with Crippen LogP contribution in [0.2, 0.25) is 0 Å². The topological polar surface area (TPSA) is 127 Å². The van der Waals surface area contributed by atoms with Crippen LogP contribution in [0.4, 0.5) is 0 Å². The maximum Gasteiger partial charge on any atom is 0.303 e. The fourth-order valence-corrected chi connectivity index (χ4v) is 1.84. The Hall–Kier alpha value is -2.90. The summed E-state index contributed by atoms with van der Waals surface area (Å²) < 4.78 is 10.7. The Labute approximate surface area is 138 Å². The van der Waals surface area contributed by atoms with Gasteiger partial charge in [-0.25, -0.2) is 0 Å². The Morgan fingerprint density at radius 3 is 1.50 bits per heavy atom. The Bertz CT molecular complexity index is 555. The average molecular weight is 338 g/mol. The number of aliphatic carboxylic acids is 2. The lowest BCUT2D eigenvalue weighted by atomic mass is 10.1. The fourth-order valence-electron chi connectivity index (χ4n) is 1.84. The van der Waals surface area contributed by atoms with Gasteiger partial charge in [-0.1, -0.05) is 0 Å². The molecule has 0 aromatic heterocycles. The molecule has 130 valence electrons. The molecule has 0 saturated carbocycles. The quantitative estimate of drug-likeness (QED) is 0.436. The molecular weight excluding hydrogens is 320 g/mol. The molecule has 0 radical (unpaired) electrons. The zero-order valence-corrected chi connectivity index (χ0v) is 12.9. The van der Waals surface area contributed by atoms with E-state index >= 15 is 0 Å². The highest BCUT2D eigenvalue weighted by Gasteiger charge is 2.12. The van der Waals surface area contributed by atoms with Crippen molar-refractivity contribution in [2.45, 2.75) is 25.7 Å². The highest BCUT2D eigenvalue weighted by molar-refractivity contribution is 5.87. The SMILES string of the molecule is O=Cc1cc(OCCCC(=O)O)c(C=O)cc1OCCCC(=O)O. The van der Waals surface area contributed by atoms with Crippen molar-refractivity contribution in [2.75, 3.05) is 13.2 Å². The van der Waals surface area contributed by atoms with E-state index in [-0.39, 0.29) is 61.5 Å². The molecule has 0 aliphatic rings. The molecule has 8 nitrogen and oxygen atoms in total. The second-order valence-corrected chi connectivity index (χ2v) is 4.86. The third-order valence-corrected chi connectivity index (χ3v) is 2.98. The number of carbonyl (C=O) groups is 4. The lowest BCUT2D eigenvalue weighted by molar-refractivity contribution is -0.138. The van der Waals surface area contributed by atoms with Gasteiger partial charge in [0.25, 0.3) is 0 Å². The van der Waals surface area contributed by atoms with Crippen molar-refractivity contribution in [3.8, 4) is 11.5 Å². The van der Waals surface area contributed by atoms with Crippen molar-refractivity contribution in [1.29, 1.82) is 0 Å². The van der Waals surface area contributed by atoms with Gasteiger partial charge in [-0.3, -0.25) is 19.2 Å². The summed E-state index contributed by atoms with van der Waals surface area (Å²) in [6, 6.07) is 2.67. The summed E-state index contributed by atoms with van der Waals surface area (Å²) in [5.41, 5.74) is 0.313. The van der Waals surface area contributed by atoms with Crippen LogP contribution in [0, 0.1) is 0 Å². The van der Waals surface area contributed by atoms with Crippen LogP contribution in [0.15, 0.2) is 12.1 Å². The summed E-state index contributed by atoms with van der Waals surface area (Å²) in [4.78, 5) is 43.2. The van der Waals surface area contributed by atoms with Crippen molar-refractivity contribution < 1.29 is 38.9 Å². The first-order valence-corrected chi connectivity index (χ1v) is 7.25. The van der Waals surface area contributed by atoms with E-state index in [1.807, 2.05) is 0 Å². The van der Waals surface area contributed by atoms with E-state index in [1.54, 1.807) is 0 Å². The fraction of sp³-hybridized carbons (Fsp3) is 0.375. The molecule has 0 atom stereocenters. The lowest BCUT2D eigenvalue weighted by Gasteiger charge is -2.13. The zero-order chi connectivity index (χ0) is 17.9. The first-order chi connectivity index (χ1) is 11.5. The molecule has 0 spiro atoms. The normalized spacial score (nSPS) is 10.0. The molecule has 0 fully saturated rings. The predicted molar refractivity (Wildman–Crippen MR) is 81.9 cm³/mol. The Morgan fingerprint density at radius 2 is 1.21 bits per heavy atom. The van der Waals surface area contributed by atoms with Crippen LogP contribution < -0.4 is 9.47 Å². The van der Waals surface area contributed by atoms with E-state index in [0.29, 0.717) is 12.6 Å². The molecule has 0 amide bonds.